The zero-order valence-corrected chi connectivity index (χ0v) is 17.7. The molecule has 3 aromatic rings. The molecule has 6 heteroatoms. The van der Waals surface area contributed by atoms with Crippen molar-refractivity contribution in [2.75, 3.05) is 13.2 Å². The molecule has 31 heavy (non-hydrogen) atoms. The molecule has 5 rings (SSSR count). The summed E-state index contributed by atoms with van der Waals surface area (Å²) < 4.78 is 11.6. The summed E-state index contributed by atoms with van der Waals surface area (Å²) in [6, 6.07) is 7.81. The third-order valence-electron chi connectivity index (χ3n) is 6.58. The van der Waals surface area contributed by atoms with Crippen LogP contribution < -0.4 is 10.4 Å². The van der Waals surface area contributed by atoms with E-state index >= 15 is 0 Å². The van der Waals surface area contributed by atoms with E-state index in [9.17, 15) is 9.59 Å². The van der Waals surface area contributed by atoms with Crippen molar-refractivity contribution in [1.82, 2.24) is 9.88 Å². The molecule has 0 unspecified atom stereocenters. The summed E-state index contributed by atoms with van der Waals surface area (Å²) in [5, 5.41) is 0.982. The van der Waals surface area contributed by atoms with Gasteiger partial charge < -0.3 is 14.1 Å². The first-order chi connectivity index (χ1) is 15.1. The van der Waals surface area contributed by atoms with Crippen molar-refractivity contribution in [2.24, 2.45) is 0 Å². The molecule has 6 nitrogen and oxygen atoms in total. The number of pyridine rings is 1. The van der Waals surface area contributed by atoms with Gasteiger partial charge in [0.2, 0.25) is 0 Å². The number of carbonyl (C=O) groups excluding carboxylic acids is 1. The van der Waals surface area contributed by atoms with Crippen LogP contribution in [0.1, 0.15) is 54.0 Å². The number of fused-ring (bicyclic) bond motifs is 3. The van der Waals surface area contributed by atoms with Gasteiger partial charge in [-0.25, -0.2) is 4.79 Å². The second-order valence-corrected chi connectivity index (χ2v) is 8.44. The van der Waals surface area contributed by atoms with Crippen molar-refractivity contribution in [3.05, 3.63) is 69.3 Å². The zero-order valence-electron chi connectivity index (χ0n) is 17.7. The first kappa shape index (κ1) is 19.8. The molecular weight excluding hydrogens is 392 g/mol. The Labute approximate surface area is 180 Å². The lowest BCUT2D eigenvalue weighted by molar-refractivity contribution is -0.137. The van der Waals surface area contributed by atoms with Crippen LogP contribution in [0.4, 0.5) is 0 Å². The minimum absolute atomic E-state index is 0.0385. The number of rotatable bonds is 4. The number of aromatic nitrogens is 1. The third-order valence-corrected chi connectivity index (χ3v) is 6.58. The monoisotopic (exact) mass is 418 g/mol. The van der Waals surface area contributed by atoms with E-state index in [1.165, 1.54) is 0 Å². The van der Waals surface area contributed by atoms with E-state index in [2.05, 4.69) is 4.98 Å². The van der Waals surface area contributed by atoms with Crippen molar-refractivity contribution in [3.63, 3.8) is 0 Å². The van der Waals surface area contributed by atoms with Crippen LogP contribution in [0, 0.1) is 6.92 Å². The number of carbonyl (C=O) groups is 1. The molecule has 0 spiro atoms. The number of aryl methyl sites for hydroxylation is 2. The van der Waals surface area contributed by atoms with Gasteiger partial charge >= 0.3 is 5.63 Å². The average molecular weight is 418 g/mol. The predicted molar refractivity (Wildman–Crippen MR) is 117 cm³/mol. The maximum Gasteiger partial charge on any atom is 0.339 e. The molecular formula is C25H26N2O4. The molecule has 1 atom stereocenters. The Balaban J connectivity index is 1.37. The van der Waals surface area contributed by atoms with Crippen LogP contribution in [0.3, 0.4) is 0 Å². The molecule has 0 radical (unpaired) electrons. The van der Waals surface area contributed by atoms with E-state index in [-0.39, 0.29) is 24.2 Å². The van der Waals surface area contributed by atoms with Crippen LogP contribution in [0.2, 0.25) is 0 Å². The van der Waals surface area contributed by atoms with Crippen molar-refractivity contribution in [1.29, 1.82) is 0 Å². The molecule has 1 saturated heterocycles. The number of ether oxygens (including phenoxy) is 1. The lowest BCUT2D eigenvalue weighted by Gasteiger charge is -2.35. The van der Waals surface area contributed by atoms with E-state index in [1.807, 2.05) is 42.3 Å². The largest absolute Gasteiger partial charge is 0.483 e. The normalized spacial score (nSPS) is 18.2. The molecule has 1 fully saturated rings. The lowest BCUT2D eigenvalue weighted by atomic mass is 9.96. The number of likely N-dealkylation sites (tertiary alicyclic amines) is 1. The Morgan fingerprint density at radius 2 is 2.06 bits per heavy atom. The average Bonchev–Trinajstić information content (AvgIpc) is 3.31. The van der Waals surface area contributed by atoms with E-state index in [0.29, 0.717) is 11.3 Å². The number of nitrogens with zero attached hydrogens (tertiary/aromatic N) is 2. The van der Waals surface area contributed by atoms with Gasteiger partial charge in [0, 0.05) is 35.5 Å². The molecule has 0 saturated carbocycles. The summed E-state index contributed by atoms with van der Waals surface area (Å²) in [5.41, 5.74) is 4.06. The summed E-state index contributed by atoms with van der Waals surface area (Å²) in [7, 11) is 0. The molecule has 160 valence electrons. The van der Waals surface area contributed by atoms with Crippen LogP contribution in [-0.2, 0) is 17.6 Å². The van der Waals surface area contributed by atoms with Gasteiger partial charge in [-0.3, -0.25) is 9.78 Å². The van der Waals surface area contributed by atoms with Crippen molar-refractivity contribution < 1.29 is 13.9 Å². The minimum Gasteiger partial charge on any atom is -0.483 e. The van der Waals surface area contributed by atoms with Gasteiger partial charge in [0.15, 0.2) is 6.61 Å². The topological polar surface area (TPSA) is 72.6 Å². The molecule has 1 aliphatic heterocycles. The minimum atomic E-state index is -0.246. The van der Waals surface area contributed by atoms with E-state index in [4.69, 9.17) is 9.15 Å². The highest BCUT2D eigenvalue weighted by molar-refractivity contribution is 5.86. The van der Waals surface area contributed by atoms with Crippen LogP contribution in [-0.4, -0.2) is 28.9 Å². The summed E-state index contributed by atoms with van der Waals surface area (Å²) in [5.74, 6) is 0.542. The van der Waals surface area contributed by atoms with Gasteiger partial charge in [-0.15, -0.1) is 0 Å². The fourth-order valence-electron chi connectivity index (χ4n) is 4.99. The van der Waals surface area contributed by atoms with Crippen molar-refractivity contribution in [2.45, 2.75) is 51.5 Å². The predicted octanol–water partition coefficient (Wildman–Crippen LogP) is 4.12. The molecule has 0 N–H and O–H groups in total. The van der Waals surface area contributed by atoms with Gasteiger partial charge in [0.1, 0.15) is 11.3 Å². The second kappa shape index (κ2) is 8.17. The van der Waals surface area contributed by atoms with E-state index < -0.39 is 0 Å². The number of hydrogen-bond acceptors (Lipinski definition) is 5. The van der Waals surface area contributed by atoms with Gasteiger partial charge in [-0.05, 0) is 74.8 Å². The maximum absolute atomic E-state index is 13.0. The smallest absolute Gasteiger partial charge is 0.339 e. The first-order valence-electron chi connectivity index (χ1n) is 11.0. The maximum atomic E-state index is 13.0. The standard InChI is InChI=1S/C25H26N2O4/c1-16-22(11-10-19-18-7-4-8-20(18)25(29)31-24(16)19)30-15-23(28)27-13-3-2-9-21(27)17-6-5-12-26-14-17/h5-6,10-12,14,21H,2-4,7-9,13,15H2,1H3/t21-/m1/s1. The highest BCUT2D eigenvalue weighted by Crippen LogP contribution is 2.34. The SMILES string of the molecule is Cc1c(OCC(=O)N2CCCC[C@@H]2c2cccnc2)ccc2c3c(c(=O)oc12)CCC3. The summed E-state index contributed by atoms with van der Waals surface area (Å²) in [6.45, 7) is 2.56. The van der Waals surface area contributed by atoms with Crippen LogP contribution in [0.15, 0.2) is 45.9 Å². The Kier molecular flexibility index (Phi) is 5.22. The Hall–Kier alpha value is -3.15. The number of amides is 1. The highest BCUT2D eigenvalue weighted by Gasteiger charge is 2.28. The molecule has 0 bridgehead atoms. The van der Waals surface area contributed by atoms with Gasteiger partial charge in [-0.1, -0.05) is 6.07 Å². The Bertz CT molecular complexity index is 1190. The summed E-state index contributed by atoms with van der Waals surface area (Å²) in [6.07, 6.45) is 9.28. The molecule has 2 aromatic heterocycles. The molecule has 1 amide bonds. The van der Waals surface area contributed by atoms with E-state index in [1.54, 1.807) is 6.20 Å². The second-order valence-electron chi connectivity index (χ2n) is 8.44. The number of hydrogen-bond donors (Lipinski definition) is 0. The van der Waals surface area contributed by atoms with Gasteiger partial charge in [-0.2, -0.15) is 0 Å². The quantitative estimate of drug-likeness (QED) is 0.596. The molecule has 3 heterocycles. The molecule has 1 aliphatic carbocycles. The summed E-state index contributed by atoms with van der Waals surface area (Å²) in [4.78, 5) is 31.5. The molecule has 1 aromatic carbocycles. The van der Waals surface area contributed by atoms with E-state index in [0.717, 1.165) is 72.7 Å². The number of piperidine rings is 1. The van der Waals surface area contributed by atoms with Crippen molar-refractivity contribution in [3.8, 4) is 5.75 Å². The Morgan fingerprint density at radius 3 is 2.90 bits per heavy atom. The summed E-state index contributed by atoms with van der Waals surface area (Å²) >= 11 is 0. The van der Waals surface area contributed by atoms with Crippen molar-refractivity contribution >= 4 is 16.9 Å². The van der Waals surface area contributed by atoms with Crippen LogP contribution in [0.5, 0.6) is 5.75 Å². The lowest BCUT2D eigenvalue weighted by Crippen LogP contribution is -2.41. The van der Waals surface area contributed by atoms with Crippen LogP contribution in [0.25, 0.3) is 11.0 Å². The fraction of sp³-hybridized carbons (Fsp3) is 0.400. The van der Waals surface area contributed by atoms with Crippen LogP contribution >= 0.6 is 0 Å². The third kappa shape index (κ3) is 3.60. The highest BCUT2D eigenvalue weighted by atomic mass is 16.5. The van der Waals surface area contributed by atoms with Gasteiger partial charge in [0.05, 0.1) is 6.04 Å². The molecule has 2 aliphatic rings. The first-order valence-corrected chi connectivity index (χ1v) is 11.0. The fourth-order valence-corrected chi connectivity index (χ4v) is 4.99. The number of benzene rings is 1. The zero-order chi connectivity index (χ0) is 21.4. The Morgan fingerprint density at radius 1 is 1.19 bits per heavy atom. The van der Waals surface area contributed by atoms with Gasteiger partial charge in [0.25, 0.3) is 5.91 Å².